The molecule has 1 aromatic heterocycles. The smallest absolute Gasteiger partial charge is 0.348 e. The predicted octanol–water partition coefficient (Wildman–Crippen LogP) is 6.97. The molecule has 0 aliphatic heterocycles. The molecule has 0 bridgehead atoms. The van der Waals surface area contributed by atoms with Crippen LogP contribution in [0, 0.1) is 18.3 Å². The van der Waals surface area contributed by atoms with E-state index in [1.54, 1.807) is 0 Å². The summed E-state index contributed by atoms with van der Waals surface area (Å²) >= 11 is 1.52. The summed E-state index contributed by atoms with van der Waals surface area (Å²) in [5, 5.41) is 10.5. The maximum atomic E-state index is 11.7. The van der Waals surface area contributed by atoms with Crippen LogP contribution >= 0.6 is 11.3 Å². The van der Waals surface area contributed by atoms with Crippen LogP contribution in [0.3, 0.4) is 0 Å². The van der Waals surface area contributed by atoms with Gasteiger partial charge in [0.1, 0.15) is 4.88 Å². The van der Waals surface area contributed by atoms with Crippen molar-refractivity contribution in [1.29, 1.82) is 0 Å². The number of esters is 1. The number of aliphatic hydroxyl groups excluding tert-OH is 1. The number of carbonyl (C=O) groups is 1. The van der Waals surface area contributed by atoms with Crippen LogP contribution in [0.5, 0.6) is 0 Å². The number of methoxy groups -OCH3 is 1. The molecular weight excluding hydrogens is 416 g/mol. The van der Waals surface area contributed by atoms with E-state index in [1.807, 2.05) is 12.1 Å². The lowest BCUT2D eigenvalue weighted by molar-refractivity contribution is 0.0606. The SMILES string of the molecule is C#CC1=C(c2ccc([C@@H](O)CCCCC)cc2)[C@@H](CCCc2ccc(C(=O)OC)s2)CC1. The summed E-state index contributed by atoms with van der Waals surface area (Å²) in [6.45, 7) is 2.18. The topological polar surface area (TPSA) is 46.5 Å². The van der Waals surface area contributed by atoms with Crippen molar-refractivity contribution in [3.63, 3.8) is 0 Å². The Hall–Kier alpha value is -2.35. The summed E-state index contributed by atoms with van der Waals surface area (Å²) in [6.07, 6.45) is 14.8. The zero-order chi connectivity index (χ0) is 22.9. The number of hydrogen-bond donors (Lipinski definition) is 1. The van der Waals surface area contributed by atoms with E-state index in [4.69, 9.17) is 11.2 Å². The van der Waals surface area contributed by atoms with Crippen LogP contribution in [0.4, 0.5) is 0 Å². The summed E-state index contributed by atoms with van der Waals surface area (Å²) in [5.41, 5.74) is 4.60. The van der Waals surface area contributed by atoms with Crippen LogP contribution in [-0.2, 0) is 11.2 Å². The fourth-order valence-corrected chi connectivity index (χ4v) is 5.54. The first-order chi connectivity index (χ1) is 15.6. The Morgan fingerprint density at radius 3 is 2.69 bits per heavy atom. The van der Waals surface area contributed by atoms with Gasteiger partial charge in [0.2, 0.25) is 0 Å². The van der Waals surface area contributed by atoms with Gasteiger partial charge in [-0.3, -0.25) is 0 Å². The molecule has 1 heterocycles. The summed E-state index contributed by atoms with van der Waals surface area (Å²) in [4.78, 5) is 13.5. The molecule has 0 radical (unpaired) electrons. The number of rotatable bonds is 11. The van der Waals surface area contributed by atoms with Gasteiger partial charge in [0.25, 0.3) is 0 Å². The van der Waals surface area contributed by atoms with E-state index in [-0.39, 0.29) is 5.97 Å². The Morgan fingerprint density at radius 2 is 2.00 bits per heavy atom. The number of unbranched alkanes of at least 4 members (excludes halogenated alkanes) is 2. The number of thiophene rings is 1. The van der Waals surface area contributed by atoms with Gasteiger partial charge in [0.15, 0.2) is 0 Å². The highest BCUT2D eigenvalue weighted by molar-refractivity contribution is 7.13. The lowest BCUT2D eigenvalue weighted by Gasteiger charge is -2.17. The first kappa shape index (κ1) is 24.3. The Kier molecular flexibility index (Phi) is 9.14. The van der Waals surface area contributed by atoms with Gasteiger partial charge in [-0.15, -0.1) is 17.8 Å². The van der Waals surface area contributed by atoms with Gasteiger partial charge >= 0.3 is 5.97 Å². The van der Waals surface area contributed by atoms with Gasteiger partial charge in [-0.1, -0.05) is 56.4 Å². The molecule has 2 atom stereocenters. The van der Waals surface area contributed by atoms with E-state index in [1.165, 1.54) is 34.5 Å². The van der Waals surface area contributed by atoms with Crippen LogP contribution < -0.4 is 0 Å². The number of allylic oxidation sites excluding steroid dienone is 2. The van der Waals surface area contributed by atoms with Gasteiger partial charge in [0, 0.05) is 10.5 Å². The highest BCUT2D eigenvalue weighted by atomic mass is 32.1. The molecule has 1 aliphatic carbocycles. The molecule has 0 fully saturated rings. The minimum absolute atomic E-state index is 0.264. The molecule has 0 spiro atoms. The molecule has 3 nitrogen and oxygen atoms in total. The fourth-order valence-electron chi connectivity index (χ4n) is 4.58. The Morgan fingerprint density at radius 1 is 1.22 bits per heavy atom. The molecule has 1 aromatic carbocycles. The summed E-state index contributed by atoms with van der Waals surface area (Å²) in [5.74, 6) is 3.12. The molecule has 0 unspecified atom stereocenters. The summed E-state index contributed by atoms with van der Waals surface area (Å²) in [6, 6.07) is 12.3. The van der Waals surface area contributed by atoms with Crippen molar-refractivity contribution < 1.29 is 14.6 Å². The maximum absolute atomic E-state index is 11.7. The van der Waals surface area contributed by atoms with Crippen molar-refractivity contribution in [3.05, 3.63) is 62.9 Å². The second-order valence-electron chi connectivity index (χ2n) is 8.56. The molecule has 1 aliphatic rings. The molecule has 0 saturated heterocycles. The predicted molar refractivity (Wildman–Crippen MR) is 133 cm³/mol. The molecule has 0 amide bonds. The van der Waals surface area contributed by atoms with Crippen molar-refractivity contribution in [1.82, 2.24) is 0 Å². The number of terminal acetylenes is 1. The fraction of sp³-hybridized carbons (Fsp3) is 0.464. The average Bonchev–Trinajstić information content (AvgIpc) is 3.46. The zero-order valence-corrected chi connectivity index (χ0v) is 20.0. The van der Waals surface area contributed by atoms with Crippen LogP contribution in [0.2, 0.25) is 0 Å². The number of aryl methyl sites for hydroxylation is 1. The van der Waals surface area contributed by atoms with E-state index in [0.717, 1.165) is 68.9 Å². The lowest BCUT2D eigenvalue weighted by Crippen LogP contribution is -2.02. The van der Waals surface area contributed by atoms with Crippen LogP contribution in [-0.4, -0.2) is 18.2 Å². The van der Waals surface area contributed by atoms with Crippen LogP contribution in [0.15, 0.2) is 42.0 Å². The van der Waals surface area contributed by atoms with Crippen molar-refractivity contribution in [2.45, 2.75) is 70.8 Å². The van der Waals surface area contributed by atoms with E-state index in [2.05, 4.69) is 37.1 Å². The van der Waals surface area contributed by atoms with Gasteiger partial charge < -0.3 is 9.84 Å². The molecule has 4 heteroatoms. The molecule has 2 aromatic rings. The minimum atomic E-state index is -0.392. The second kappa shape index (κ2) is 12.0. The number of aliphatic hydroxyl groups is 1. The third-order valence-corrected chi connectivity index (χ3v) is 7.49. The number of ether oxygens (including phenoxy) is 1. The third-order valence-electron chi connectivity index (χ3n) is 6.36. The third kappa shape index (κ3) is 6.12. The van der Waals surface area contributed by atoms with E-state index in [9.17, 15) is 9.90 Å². The van der Waals surface area contributed by atoms with E-state index < -0.39 is 6.10 Å². The first-order valence-corrected chi connectivity index (χ1v) is 12.5. The van der Waals surface area contributed by atoms with Gasteiger partial charge in [-0.2, -0.15) is 0 Å². The largest absolute Gasteiger partial charge is 0.465 e. The zero-order valence-electron chi connectivity index (χ0n) is 19.2. The van der Waals surface area contributed by atoms with Crippen molar-refractivity contribution >= 4 is 22.9 Å². The standard InChI is InChI=1S/C28H34O3S/c1-4-6-7-11-25(29)21-13-16-23(17-14-21)27-20(5-2)12-15-22(27)9-8-10-24-18-19-26(32-24)28(30)31-3/h2,13-14,16-19,22,25,29H,4,6-12,15H2,1,3H3/t22-,25-/m0/s1. The van der Waals surface area contributed by atoms with E-state index >= 15 is 0 Å². The molecule has 32 heavy (non-hydrogen) atoms. The monoisotopic (exact) mass is 450 g/mol. The summed E-state index contributed by atoms with van der Waals surface area (Å²) < 4.78 is 4.80. The van der Waals surface area contributed by atoms with Crippen LogP contribution in [0.1, 0.15) is 90.1 Å². The first-order valence-electron chi connectivity index (χ1n) is 11.7. The molecule has 0 saturated carbocycles. The highest BCUT2D eigenvalue weighted by Crippen LogP contribution is 2.41. The second-order valence-corrected chi connectivity index (χ2v) is 9.72. The van der Waals surface area contributed by atoms with Crippen molar-refractivity contribution in [2.24, 2.45) is 5.92 Å². The van der Waals surface area contributed by atoms with Gasteiger partial charge in [-0.05, 0) is 73.3 Å². The van der Waals surface area contributed by atoms with Crippen LogP contribution in [0.25, 0.3) is 5.57 Å². The summed E-state index contributed by atoms with van der Waals surface area (Å²) in [7, 11) is 1.42. The maximum Gasteiger partial charge on any atom is 0.348 e. The normalized spacial score (nSPS) is 16.8. The average molecular weight is 451 g/mol. The highest BCUT2D eigenvalue weighted by Gasteiger charge is 2.26. The lowest BCUT2D eigenvalue weighted by atomic mass is 9.88. The van der Waals surface area contributed by atoms with Gasteiger partial charge in [-0.25, -0.2) is 4.79 Å². The van der Waals surface area contributed by atoms with Crippen molar-refractivity contribution in [2.75, 3.05) is 7.11 Å². The molecule has 170 valence electrons. The minimum Gasteiger partial charge on any atom is -0.465 e. The molecule has 3 rings (SSSR count). The number of benzene rings is 1. The number of carbonyl (C=O) groups excluding carboxylic acids is 1. The number of hydrogen-bond acceptors (Lipinski definition) is 4. The Balaban J connectivity index is 1.62. The van der Waals surface area contributed by atoms with Gasteiger partial charge in [0.05, 0.1) is 13.2 Å². The Bertz CT molecular complexity index is 961. The Labute approximate surface area is 196 Å². The quantitative estimate of drug-likeness (QED) is 0.228. The van der Waals surface area contributed by atoms with E-state index in [0.29, 0.717) is 10.8 Å². The van der Waals surface area contributed by atoms with Crippen molar-refractivity contribution in [3.8, 4) is 12.3 Å². The molecular formula is C28H34O3S. The molecule has 1 N–H and O–H groups in total.